The molecule has 21 heavy (non-hydrogen) atoms. The van der Waals surface area contributed by atoms with E-state index in [2.05, 4.69) is 6.92 Å². The minimum Gasteiger partial charge on any atom is -0.489 e. The second kappa shape index (κ2) is 8.32. The van der Waals surface area contributed by atoms with Gasteiger partial charge in [0.15, 0.2) is 0 Å². The molecule has 0 amide bonds. The van der Waals surface area contributed by atoms with Gasteiger partial charge in [-0.2, -0.15) is 0 Å². The predicted molar refractivity (Wildman–Crippen MR) is 85.6 cm³/mol. The third kappa shape index (κ3) is 5.12. The van der Waals surface area contributed by atoms with Crippen LogP contribution in [-0.2, 0) is 6.61 Å². The van der Waals surface area contributed by atoms with Gasteiger partial charge in [-0.25, -0.2) is 0 Å². The molecule has 1 unspecified atom stereocenters. The lowest BCUT2D eigenvalue weighted by Crippen LogP contribution is -2.26. The first-order valence-corrected chi connectivity index (χ1v) is 7.45. The molecule has 2 aromatic rings. The Morgan fingerprint density at radius 1 is 0.952 bits per heavy atom. The summed E-state index contributed by atoms with van der Waals surface area (Å²) in [6.07, 6.45) is 2.13. The highest BCUT2D eigenvalue weighted by atomic mass is 16.5. The minimum atomic E-state index is 0.0890. The Morgan fingerprint density at radius 2 is 1.62 bits per heavy atom. The molecule has 3 nitrogen and oxygen atoms in total. The van der Waals surface area contributed by atoms with Gasteiger partial charge in [-0.15, -0.1) is 0 Å². The molecule has 2 N–H and O–H groups in total. The molecule has 112 valence electrons. The lowest BCUT2D eigenvalue weighted by Gasteiger charge is -2.16. The molecule has 0 spiro atoms. The van der Waals surface area contributed by atoms with Crippen molar-refractivity contribution in [2.24, 2.45) is 5.73 Å². The number of benzene rings is 2. The summed E-state index contributed by atoms with van der Waals surface area (Å²) >= 11 is 0. The van der Waals surface area contributed by atoms with Gasteiger partial charge in [0.2, 0.25) is 0 Å². The maximum Gasteiger partial charge on any atom is 0.120 e. The van der Waals surface area contributed by atoms with E-state index in [4.69, 9.17) is 15.2 Å². The third-order valence-corrected chi connectivity index (χ3v) is 3.25. The predicted octanol–water partition coefficient (Wildman–Crippen LogP) is 3.77. The molecule has 0 aliphatic carbocycles. The fourth-order valence-corrected chi connectivity index (χ4v) is 2.09. The maximum atomic E-state index is 5.84. The molecule has 0 radical (unpaired) electrons. The lowest BCUT2D eigenvalue weighted by atomic mass is 10.2. The molecule has 2 rings (SSSR count). The summed E-state index contributed by atoms with van der Waals surface area (Å²) in [6.45, 7) is 3.24. The third-order valence-electron chi connectivity index (χ3n) is 3.25. The van der Waals surface area contributed by atoms with E-state index in [1.54, 1.807) is 0 Å². The van der Waals surface area contributed by atoms with E-state index in [0.717, 1.165) is 29.9 Å². The van der Waals surface area contributed by atoms with Crippen LogP contribution in [0.5, 0.6) is 11.5 Å². The average molecular weight is 285 g/mol. The molecule has 0 saturated heterocycles. The fourth-order valence-electron chi connectivity index (χ4n) is 2.09. The standard InChI is InChI=1S/C18H23NO2/c1-2-6-18(13-19)21-17-11-9-16(10-12-17)20-14-15-7-4-3-5-8-15/h3-5,7-12,18H,2,6,13-14,19H2,1H3. The normalized spacial score (nSPS) is 11.9. The SMILES string of the molecule is CCCC(CN)Oc1ccc(OCc2ccccc2)cc1. The zero-order valence-corrected chi connectivity index (χ0v) is 12.5. The summed E-state index contributed by atoms with van der Waals surface area (Å²) in [5.41, 5.74) is 6.86. The van der Waals surface area contributed by atoms with Gasteiger partial charge in [0.05, 0.1) is 0 Å². The quantitative estimate of drug-likeness (QED) is 0.803. The van der Waals surface area contributed by atoms with Crippen LogP contribution in [0.1, 0.15) is 25.3 Å². The molecule has 3 heteroatoms. The molecule has 0 heterocycles. The number of rotatable bonds is 8. The van der Waals surface area contributed by atoms with Crippen molar-refractivity contribution in [1.29, 1.82) is 0 Å². The van der Waals surface area contributed by atoms with Crippen LogP contribution in [0.15, 0.2) is 54.6 Å². The summed E-state index contributed by atoms with van der Waals surface area (Å²) in [5.74, 6) is 1.68. The first kappa shape index (κ1) is 15.4. The Kier molecular flexibility index (Phi) is 6.10. The van der Waals surface area contributed by atoms with E-state index >= 15 is 0 Å². The first-order valence-electron chi connectivity index (χ1n) is 7.45. The first-order chi connectivity index (χ1) is 10.3. The highest BCUT2D eigenvalue weighted by Crippen LogP contribution is 2.20. The van der Waals surface area contributed by atoms with Crippen LogP contribution in [0.4, 0.5) is 0 Å². The fraction of sp³-hybridized carbons (Fsp3) is 0.333. The van der Waals surface area contributed by atoms with Crippen LogP contribution in [0.25, 0.3) is 0 Å². The lowest BCUT2D eigenvalue weighted by molar-refractivity contribution is 0.197. The van der Waals surface area contributed by atoms with Gasteiger partial charge in [0, 0.05) is 6.54 Å². The summed E-state index contributed by atoms with van der Waals surface area (Å²) in [5, 5.41) is 0. The molecule has 0 fully saturated rings. The van der Waals surface area contributed by atoms with Gasteiger partial charge < -0.3 is 15.2 Å². The van der Waals surface area contributed by atoms with Crippen molar-refractivity contribution in [3.05, 3.63) is 60.2 Å². The van der Waals surface area contributed by atoms with Crippen molar-refractivity contribution in [1.82, 2.24) is 0 Å². The van der Waals surface area contributed by atoms with E-state index in [-0.39, 0.29) is 6.10 Å². The summed E-state index contributed by atoms with van der Waals surface area (Å²) in [6, 6.07) is 17.8. The summed E-state index contributed by atoms with van der Waals surface area (Å²) < 4.78 is 11.6. The number of nitrogens with two attached hydrogens (primary N) is 1. The Bertz CT molecular complexity index is 511. The van der Waals surface area contributed by atoms with Crippen LogP contribution in [-0.4, -0.2) is 12.6 Å². The monoisotopic (exact) mass is 285 g/mol. The van der Waals surface area contributed by atoms with Gasteiger partial charge in [0.1, 0.15) is 24.2 Å². The summed E-state index contributed by atoms with van der Waals surface area (Å²) in [7, 11) is 0. The smallest absolute Gasteiger partial charge is 0.120 e. The Morgan fingerprint density at radius 3 is 2.24 bits per heavy atom. The van der Waals surface area contributed by atoms with E-state index < -0.39 is 0 Å². The molecule has 0 aliphatic heterocycles. The van der Waals surface area contributed by atoms with E-state index in [1.807, 2.05) is 54.6 Å². The second-order valence-electron chi connectivity index (χ2n) is 5.01. The second-order valence-corrected chi connectivity index (χ2v) is 5.01. The van der Waals surface area contributed by atoms with Gasteiger partial charge >= 0.3 is 0 Å². The zero-order chi connectivity index (χ0) is 14.9. The molecular formula is C18H23NO2. The Hall–Kier alpha value is -2.00. The van der Waals surface area contributed by atoms with Crippen LogP contribution in [0.3, 0.4) is 0 Å². The van der Waals surface area contributed by atoms with E-state index in [1.165, 1.54) is 0 Å². The highest BCUT2D eigenvalue weighted by molar-refractivity contribution is 5.31. The average Bonchev–Trinajstić information content (AvgIpc) is 2.54. The molecule has 0 aliphatic rings. The number of hydrogen-bond donors (Lipinski definition) is 1. The minimum absolute atomic E-state index is 0.0890. The molecule has 0 saturated carbocycles. The molecule has 0 aromatic heterocycles. The van der Waals surface area contributed by atoms with Crippen LogP contribution in [0.2, 0.25) is 0 Å². The zero-order valence-electron chi connectivity index (χ0n) is 12.5. The van der Waals surface area contributed by atoms with Crippen molar-refractivity contribution < 1.29 is 9.47 Å². The van der Waals surface area contributed by atoms with Crippen molar-refractivity contribution >= 4 is 0 Å². The van der Waals surface area contributed by atoms with Gasteiger partial charge in [-0.1, -0.05) is 43.7 Å². The van der Waals surface area contributed by atoms with E-state index in [9.17, 15) is 0 Å². The number of hydrogen-bond acceptors (Lipinski definition) is 3. The Labute approximate surface area is 126 Å². The topological polar surface area (TPSA) is 44.5 Å². The highest BCUT2D eigenvalue weighted by Gasteiger charge is 2.07. The van der Waals surface area contributed by atoms with Crippen molar-refractivity contribution in [3.63, 3.8) is 0 Å². The number of ether oxygens (including phenoxy) is 2. The van der Waals surface area contributed by atoms with Crippen molar-refractivity contribution in [3.8, 4) is 11.5 Å². The van der Waals surface area contributed by atoms with Crippen LogP contribution >= 0.6 is 0 Å². The van der Waals surface area contributed by atoms with Crippen LogP contribution in [0, 0.1) is 0 Å². The largest absolute Gasteiger partial charge is 0.489 e. The van der Waals surface area contributed by atoms with Gasteiger partial charge in [-0.05, 0) is 36.2 Å². The van der Waals surface area contributed by atoms with Gasteiger partial charge in [0.25, 0.3) is 0 Å². The van der Waals surface area contributed by atoms with Crippen LogP contribution < -0.4 is 15.2 Å². The van der Waals surface area contributed by atoms with Crippen molar-refractivity contribution in [2.75, 3.05) is 6.54 Å². The van der Waals surface area contributed by atoms with Gasteiger partial charge in [-0.3, -0.25) is 0 Å². The molecule has 1 atom stereocenters. The van der Waals surface area contributed by atoms with E-state index in [0.29, 0.717) is 13.2 Å². The molecule has 0 bridgehead atoms. The Balaban J connectivity index is 1.87. The summed E-state index contributed by atoms with van der Waals surface area (Å²) in [4.78, 5) is 0. The van der Waals surface area contributed by atoms with Crippen molar-refractivity contribution in [2.45, 2.75) is 32.5 Å². The maximum absolute atomic E-state index is 5.84. The molecule has 2 aromatic carbocycles. The molecular weight excluding hydrogens is 262 g/mol.